The second-order valence-corrected chi connectivity index (χ2v) is 6.63. The standard InChI is InChI=1S/C22H16N2O2S/c25-21(24-22-23-19(15-27-22)16-9-3-1-4-10-16)18-13-7-8-14-20(18)26-17-11-5-2-6-12-17/h1-15H,(H,23,24,25). The molecule has 27 heavy (non-hydrogen) atoms. The van der Waals surface area contributed by atoms with Gasteiger partial charge in [0.2, 0.25) is 0 Å². The average Bonchev–Trinajstić information content (AvgIpc) is 3.18. The fourth-order valence-corrected chi connectivity index (χ4v) is 3.31. The van der Waals surface area contributed by atoms with E-state index in [4.69, 9.17) is 4.74 Å². The number of nitrogens with one attached hydrogen (secondary N) is 1. The lowest BCUT2D eigenvalue weighted by molar-refractivity contribution is 0.102. The number of aromatic nitrogens is 1. The maximum absolute atomic E-state index is 12.7. The molecule has 4 rings (SSSR count). The minimum atomic E-state index is -0.254. The van der Waals surface area contributed by atoms with Gasteiger partial charge in [0.05, 0.1) is 11.3 Å². The van der Waals surface area contributed by atoms with Crippen LogP contribution < -0.4 is 10.1 Å². The Bertz CT molecular complexity index is 1050. The summed E-state index contributed by atoms with van der Waals surface area (Å²) in [4.78, 5) is 17.3. The molecule has 5 heteroatoms. The molecule has 1 heterocycles. The van der Waals surface area contributed by atoms with Crippen molar-refractivity contribution in [3.05, 3.63) is 95.9 Å². The normalized spacial score (nSPS) is 10.4. The molecule has 1 N–H and O–H groups in total. The van der Waals surface area contributed by atoms with Gasteiger partial charge in [0.25, 0.3) is 5.91 Å². The van der Waals surface area contributed by atoms with Crippen LogP contribution in [0.1, 0.15) is 10.4 Å². The fraction of sp³-hybridized carbons (Fsp3) is 0. The zero-order chi connectivity index (χ0) is 18.5. The Morgan fingerprint density at radius 1 is 0.852 bits per heavy atom. The molecule has 1 aromatic heterocycles. The first kappa shape index (κ1) is 17.0. The van der Waals surface area contributed by atoms with Crippen molar-refractivity contribution in [2.75, 3.05) is 5.32 Å². The second-order valence-electron chi connectivity index (χ2n) is 5.77. The van der Waals surface area contributed by atoms with Gasteiger partial charge in [-0.15, -0.1) is 11.3 Å². The van der Waals surface area contributed by atoms with Crippen LogP contribution in [-0.4, -0.2) is 10.9 Å². The third kappa shape index (κ3) is 4.04. The topological polar surface area (TPSA) is 51.2 Å². The first-order chi connectivity index (χ1) is 13.3. The summed E-state index contributed by atoms with van der Waals surface area (Å²) in [5, 5.41) is 5.34. The van der Waals surface area contributed by atoms with E-state index in [1.165, 1.54) is 11.3 Å². The predicted octanol–water partition coefficient (Wildman–Crippen LogP) is 5.85. The predicted molar refractivity (Wildman–Crippen MR) is 108 cm³/mol. The first-order valence-corrected chi connectivity index (χ1v) is 9.32. The molecule has 0 saturated carbocycles. The summed E-state index contributed by atoms with van der Waals surface area (Å²) in [6.45, 7) is 0. The third-order valence-corrected chi connectivity index (χ3v) is 4.65. The van der Waals surface area contributed by atoms with Gasteiger partial charge in [-0.25, -0.2) is 4.98 Å². The van der Waals surface area contributed by atoms with Gasteiger partial charge < -0.3 is 4.74 Å². The molecule has 0 fully saturated rings. The van der Waals surface area contributed by atoms with Crippen molar-refractivity contribution in [3.8, 4) is 22.8 Å². The molecule has 0 bridgehead atoms. The van der Waals surface area contributed by atoms with Gasteiger partial charge in [-0.1, -0.05) is 60.7 Å². The molecule has 4 nitrogen and oxygen atoms in total. The van der Waals surface area contributed by atoms with Gasteiger partial charge in [-0.3, -0.25) is 10.1 Å². The highest BCUT2D eigenvalue weighted by Gasteiger charge is 2.15. The van der Waals surface area contributed by atoms with Crippen LogP contribution in [0.5, 0.6) is 11.5 Å². The number of hydrogen-bond acceptors (Lipinski definition) is 4. The van der Waals surface area contributed by atoms with Crippen molar-refractivity contribution in [1.82, 2.24) is 4.98 Å². The monoisotopic (exact) mass is 372 g/mol. The van der Waals surface area contributed by atoms with Crippen LogP contribution in [0.4, 0.5) is 5.13 Å². The number of para-hydroxylation sites is 2. The number of thiazole rings is 1. The van der Waals surface area contributed by atoms with Crippen molar-refractivity contribution in [2.24, 2.45) is 0 Å². The van der Waals surface area contributed by atoms with Gasteiger partial charge in [0, 0.05) is 10.9 Å². The molecule has 0 aliphatic rings. The lowest BCUT2D eigenvalue weighted by Crippen LogP contribution is -2.12. The van der Waals surface area contributed by atoms with E-state index in [1.807, 2.05) is 78.2 Å². The molecule has 1 amide bonds. The van der Waals surface area contributed by atoms with Crippen molar-refractivity contribution >= 4 is 22.4 Å². The minimum absolute atomic E-state index is 0.254. The molecule has 0 saturated heterocycles. The molecular weight excluding hydrogens is 356 g/mol. The number of rotatable bonds is 5. The number of carbonyl (C=O) groups excluding carboxylic acids is 1. The third-order valence-electron chi connectivity index (χ3n) is 3.90. The zero-order valence-corrected chi connectivity index (χ0v) is 15.1. The molecule has 0 radical (unpaired) electrons. The largest absolute Gasteiger partial charge is 0.457 e. The summed E-state index contributed by atoms with van der Waals surface area (Å²) in [7, 11) is 0. The molecule has 0 unspecified atom stereocenters. The number of hydrogen-bond donors (Lipinski definition) is 1. The van der Waals surface area contributed by atoms with E-state index in [0.717, 1.165) is 11.3 Å². The van der Waals surface area contributed by atoms with E-state index in [-0.39, 0.29) is 5.91 Å². The number of anilines is 1. The van der Waals surface area contributed by atoms with Crippen molar-refractivity contribution in [2.45, 2.75) is 0 Å². The van der Waals surface area contributed by atoms with Crippen molar-refractivity contribution in [3.63, 3.8) is 0 Å². The minimum Gasteiger partial charge on any atom is -0.457 e. The Kier molecular flexibility index (Phi) is 4.94. The molecule has 3 aromatic carbocycles. The van der Waals surface area contributed by atoms with Gasteiger partial charge in [-0.05, 0) is 24.3 Å². The Morgan fingerprint density at radius 2 is 1.52 bits per heavy atom. The van der Waals surface area contributed by atoms with E-state index in [2.05, 4.69) is 10.3 Å². The van der Waals surface area contributed by atoms with E-state index in [0.29, 0.717) is 22.2 Å². The lowest BCUT2D eigenvalue weighted by Gasteiger charge is -2.10. The van der Waals surface area contributed by atoms with Crippen LogP contribution >= 0.6 is 11.3 Å². The molecule has 0 aliphatic heterocycles. The Hall–Kier alpha value is -3.44. The Balaban J connectivity index is 1.53. The molecule has 132 valence electrons. The molecule has 0 atom stereocenters. The smallest absolute Gasteiger partial charge is 0.261 e. The van der Waals surface area contributed by atoms with Crippen LogP contribution in [0.3, 0.4) is 0 Å². The van der Waals surface area contributed by atoms with E-state index < -0.39 is 0 Å². The molecular formula is C22H16N2O2S. The van der Waals surface area contributed by atoms with Crippen LogP contribution in [0.25, 0.3) is 11.3 Å². The highest BCUT2D eigenvalue weighted by atomic mass is 32.1. The number of carbonyl (C=O) groups is 1. The molecule has 4 aromatic rings. The summed E-state index contributed by atoms with van der Waals surface area (Å²) in [6.07, 6.45) is 0. The van der Waals surface area contributed by atoms with E-state index in [9.17, 15) is 4.79 Å². The number of nitrogens with zero attached hydrogens (tertiary/aromatic N) is 1. The van der Waals surface area contributed by atoms with Crippen LogP contribution in [0.2, 0.25) is 0 Å². The number of amides is 1. The first-order valence-electron chi connectivity index (χ1n) is 8.44. The summed E-state index contributed by atoms with van der Waals surface area (Å²) in [5.41, 5.74) is 2.31. The molecule has 0 aliphatic carbocycles. The number of ether oxygens (including phenoxy) is 1. The van der Waals surface area contributed by atoms with E-state index in [1.54, 1.807) is 12.1 Å². The van der Waals surface area contributed by atoms with Gasteiger partial charge in [0.1, 0.15) is 11.5 Å². The summed E-state index contributed by atoms with van der Waals surface area (Å²) >= 11 is 1.39. The van der Waals surface area contributed by atoms with Gasteiger partial charge in [0.15, 0.2) is 5.13 Å². The average molecular weight is 372 g/mol. The summed E-state index contributed by atoms with van der Waals surface area (Å²) < 4.78 is 5.87. The fourth-order valence-electron chi connectivity index (χ4n) is 2.60. The van der Waals surface area contributed by atoms with Crippen molar-refractivity contribution < 1.29 is 9.53 Å². The summed E-state index contributed by atoms with van der Waals surface area (Å²) in [5.74, 6) is 0.926. The second kappa shape index (κ2) is 7.85. The van der Waals surface area contributed by atoms with Crippen molar-refractivity contribution in [1.29, 1.82) is 0 Å². The maximum atomic E-state index is 12.7. The van der Waals surface area contributed by atoms with Gasteiger partial charge >= 0.3 is 0 Å². The Morgan fingerprint density at radius 3 is 2.30 bits per heavy atom. The van der Waals surface area contributed by atoms with Gasteiger partial charge in [-0.2, -0.15) is 0 Å². The Labute approximate surface area is 161 Å². The quantitative estimate of drug-likeness (QED) is 0.478. The highest BCUT2D eigenvalue weighted by molar-refractivity contribution is 7.14. The van der Waals surface area contributed by atoms with Crippen LogP contribution in [0, 0.1) is 0 Å². The highest BCUT2D eigenvalue weighted by Crippen LogP contribution is 2.28. The zero-order valence-electron chi connectivity index (χ0n) is 14.3. The summed E-state index contributed by atoms with van der Waals surface area (Å²) in [6, 6.07) is 26.4. The van der Waals surface area contributed by atoms with E-state index >= 15 is 0 Å². The van der Waals surface area contributed by atoms with Crippen LogP contribution in [-0.2, 0) is 0 Å². The SMILES string of the molecule is O=C(Nc1nc(-c2ccccc2)cs1)c1ccccc1Oc1ccccc1. The number of benzene rings is 3. The lowest BCUT2D eigenvalue weighted by atomic mass is 10.2. The maximum Gasteiger partial charge on any atom is 0.261 e. The molecule has 0 spiro atoms. The van der Waals surface area contributed by atoms with Crippen LogP contribution in [0.15, 0.2) is 90.3 Å².